The third-order valence-electron chi connectivity index (χ3n) is 1.79. The summed E-state index contributed by atoms with van der Waals surface area (Å²) >= 11 is 1.59. The van der Waals surface area contributed by atoms with Gasteiger partial charge in [-0.25, -0.2) is 0 Å². The van der Waals surface area contributed by atoms with E-state index in [0.29, 0.717) is 6.42 Å². The molecule has 0 aliphatic carbocycles. The number of thioether (sulfide) groups is 1. The minimum atomic E-state index is -4.33. The van der Waals surface area contributed by atoms with E-state index in [-0.39, 0.29) is 11.7 Å². The van der Waals surface area contributed by atoms with E-state index in [2.05, 4.69) is 14.7 Å². The van der Waals surface area contributed by atoms with Gasteiger partial charge in [0.25, 0.3) is 0 Å². The molecule has 0 unspecified atom stereocenters. The molecule has 1 atom stereocenters. The number of rotatable bonds is 5. The first kappa shape index (κ1) is 13.3. The molecule has 4 nitrogen and oxygen atoms in total. The number of hydrogen-bond acceptors (Lipinski definition) is 5. The van der Waals surface area contributed by atoms with Crippen LogP contribution in [0.5, 0.6) is 0 Å². The third-order valence-corrected chi connectivity index (χ3v) is 2.44. The number of hydrogen-bond donors (Lipinski definition) is 1. The second-order valence-corrected chi connectivity index (χ2v) is 4.21. The minimum absolute atomic E-state index is 0.0632. The van der Waals surface area contributed by atoms with Gasteiger partial charge < -0.3 is 10.3 Å². The maximum atomic E-state index is 12.0. The summed E-state index contributed by atoms with van der Waals surface area (Å²) in [5.74, 6) is 0.480. The van der Waals surface area contributed by atoms with E-state index in [1.54, 1.807) is 11.8 Å². The quantitative estimate of drug-likeness (QED) is 0.870. The second-order valence-electron chi connectivity index (χ2n) is 3.23. The number of nitrogens with zero attached hydrogens (tertiary/aromatic N) is 2. The van der Waals surface area contributed by atoms with Crippen molar-refractivity contribution in [3.05, 3.63) is 11.7 Å². The highest BCUT2D eigenvalue weighted by Gasteiger charge is 2.31. The summed E-state index contributed by atoms with van der Waals surface area (Å²) in [6.07, 6.45) is -3.01. The van der Waals surface area contributed by atoms with E-state index in [4.69, 9.17) is 5.73 Å². The fraction of sp³-hybridized carbons (Fsp3) is 0.750. The first-order valence-corrected chi connectivity index (χ1v) is 5.95. The van der Waals surface area contributed by atoms with E-state index in [1.807, 2.05) is 6.26 Å². The highest BCUT2D eigenvalue weighted by Crippen LogP contribution is 2.21. The molecule has 0 bridgehead atoms. The van der Waals surface area contributed by atoms with Crippen molar-refractivity contribution in [1.82, 2.24) is 10.1 Å². The molecule has 92 valence electrons. The lowest BCUT2D eigenvalue weighted by Crippen LogP contribution is -2.14. The van der Waals surface area contributed by atoms with Gasteiger partial charge in [-0.15, -0.1) is 0 Å². The van der Waals surface area contributed by atoms with E-state index in [0.717, 1.165) is 5.75 Å². The fourth-order valence-corrected chi connectivity index (χ4v) is 1.53. The van der Waals surface area contributed by atoms with E-state index in [1.165, 1.54) is 0 Å². The van der Waals surface area contributed by atoms with Crippen molar-refractivity contribution in [1.29, 1.82) is 0 Å². The van der Waals surface area contributed by atoms with Gasteiger partial charge in [0.15, 0.2) is 5.82 Å². The van der Waals surface area contributed by atoms with Crippen LogP contribution >= 0.6 is 11.8 Å². The molecule has 0 saturated heterocycles. The summed E-state index contributed by atoms with van der Waals surface area (Å²) in [6.45, 7) is 0. The highest BCUT2D eigenvalue weighted by atomic mass is 32.2. The van der Waals surface area contributed by atoms with Gasteiger partial charge in [-0.1, -0.05) is 5.16 Å². The van der Waals surface area contributed by atoms with Crippen molar-refractivity contribution in [2.24, 2.45) is 5.73 Å². The largest absolute Gasteiger partial charge is 0.396 e. The summed E-state index contributed by atoms with van der Waals surface area (Å²) in [5.41, 5.74) is 5.67. The molecule has 0 saturated carbocycles. The number of nitrogens with two attached hydrogens (primary N) is 1. The Balaban J connectivity index is 2.57. The summed E-state index contributed by atoms with van der Waals surface area (Å²) in [5, 5.41) is 3.24. The molecule has 0 fully saturated rings. The van der Waals surface area contributed by atoms with Crippen LogP contribution in [0.25, 0.3) is 0 Å². The van der Waals surface area contributed by atoms with E-state index in [9.17, 15) is 13.2 Å². The van der Waals surface area contributed by atoms with Crippen LogP contribution in [0.4, 0.5) is 13.2 Å². The fourth-order valence-electron chi connectivity index (χ4n) is 1.04. The van der Waals surface area contributed by atoms with Crippen LogP contribution in [0, 0.1) is 0 Å². The lowest BCUT2D eigenvalue weighted by atomic mass is 10.2. The van der Waals surface area contributed by atoms with Gasteiger partial charge in [-0.3, -0.25) is 0 Å². The summed E-state index contributed by atoms with van der Waals surface area (Å²) in [4.78, 5) is 3.62. The standard InChI is InChI=1S/C8H12F3N3OS/c1-16-3-2-5(12)7-13-6(14-15-7)4-8(9,10)11/h5H,2-4,12H2,1H3/t5-/m0/s1. The Morgan fingerprint density at radius 1 is 1.50 bits per heavy atom. The van der Waals surface area contributed by atoms with Crippen LogP contribution < -0.4 is 5.73 Å². The summed E-state index contributed by atoms with van der Waals surface area (Å²) < 4.78 is 40.7. The van der Waals surface area contributed by atoms with Gasteiger partial charge in [0.2, 0.25) is 5.89 Å². The molecule has 1 rings (SSSR count). The Morgan fingerprint density at radius 2 is 2.19 bits per heavy atom. The first-order valence-electron chi connectivity index (χ1n) is 4.56. The maximum Gasteiger partial charge on any atom is 0.396 e. The van der Waals surface area contributed by atoms with Crippen LogP contribution in [0.15, 0.2) is 4.52 Å². The van der Waals surface area contributed by atoms with Crippen LogP contribution in [0.2, 0.25) is 0 Å². The molecule has 0 amide bonds. The predicted octanol–water partition coefficient (Wildman–Crippen LogP) is 1.93. The zero-order valence-electron chi connectivity index (χ0n) is 8.62. The molecule has 8 heteroatoms. The minimum Gasteiger partial charge on any atom is -0.338 e. The van der Waals surface area contributed by atoms with Crippen molar-refractivity contribution in [3.63, 3.8) is 0 Å². The van der Waals surface area contributed by atoms with Gasteiger partial charge in [-0.2, -0.15) is 29.9 Å². The smallest absolute Gasteiger partial charge is 0.338 e. The van der Waals surface area contributed by atoms with Crippen LogP contribution in [0.3, 0.4) is 0 Å². The zero-order valence-corrected chi connectivity index (χ0v) is 9.44. The van der Waals surface area contributed by atoms with Gasteiger partial charge >= 0.3 is 6.18 Å². The summed E-state index contributed by atoms with van der Waals surface area (Å²) in [7, 11) is 0. The SMILES string of the molecule is CSCC[C@H](N)c1nc(CC(F)(F)F)no1. The Hall–Kier alpha value is -0.760. The average molecular weight is 255 g/mol. The normalized spacial score (nSPS) is 14.1. The average Bonchev–Trinajstić information content (AvgIpc) is 2.59. The molecule has 2 N–H and O–H groups in total. The van der Waals surface area contributed by atoms with Gasteiger partial charge in [0.05, 0.1) is 6.04 Å². The molecule has 0 aliphatic rings. The van der Waals surface area contributed by atoms with Crippen LogP contribution in [-0.4, -0.2) is 28.3 Å². The van der Waals surface area contributed by atoms with E-state index < -0.39 is 18.6 Å². The van der Waals surface area contributed by atoms with Crippen molar-refractivity contribution >= 4 is 11.8 Å². The molecule has 1 aromatic rings. The summed E-state index contributed by atoms with van der Waals surface area (Å²) in [6, 6.07) is -0.498. The Kier molecular flexibility index (Phi) is 4.60. The lowest BCUT2D eigenvalue weighted by molar-refractivity contribution is -0.128. The molecule has 0 aliphatic heterocycles. The Bertz CT molecular complexity index is 329. The number of halogens is 3. The molecule has 16 heavy (non-hydrogen) atoms. The molecule has 1 heterocycles. The van der Waals surface area contributed by atoms with E-state index >= 15 is 0 Å². The van der Waals surface area contributed by atoms with Crippen molar-refractivity contribution in [2.75, 3.05) is 12.0 Å². The van der Waals surface area contributed by atoms with Crippen molar-refractivity contribution in [3.8, 4) is 0 Å². The molecule has 0 radical (unpaired) electrons. The third kappa shape index (κ3) is 4.40. The van der Waals surface area contributed by atoms with Crippen molar-refractivity contribution in [2.45, 2.75) is 25.1 Å². The predicted molar refractivity (Wildman–Crippen MR) is 54.0 cm³/mol. The maximum absolute atomic E-state index is 12.0. The monoisotopic (exact) mass is 255 g/mol. The lowest BCUT2D eigenvalue weighted by Gasteiger charge is -2.03. The molecular formula is C8H12F3N3OS. The molecule has 1 aromatic heterocycles. The van der Waals surface area contributed by atoms with Crippen LogP contribution in [-0.2, 0) is 6.42 Å². The molecule has 0 aromatic carbocycles. The first-order chi connectivity index (χ1) is 7.42. The number of alkyl halides is 3. The molecule has 0 spiro atoms. The van der Waals surface area contributed by atoms with Gasteiger partial charge in [0, 0.05) is 0 Å². The highest BCUT2D eigenvalue weighted by molar-refractivity contribution is 7.98. The topological polar surface area (TPSA) is 64.9 Å². The zero-order chi connectivity index (χ0) is 12.2. The Labute approximate surface area is 94.8 Å². The Morgan fingerprint density at radius 3 is 2.75 bits per heavy atom. The second kappa shape index (κ2) is 5.53. The molecular weight excluding hydrogens is 243 g/mol. The van der Waals surface area contributed by atoms with Crippen LogP contribution in [0.1, 0.15) is 24.2 Å². The van der Waals surface area contributed by atoms with Gasteiger partial charge in [-0.05, 0) is 18.4 Å². The van der Waals surface area contributed by atoms with Crippen molar-refractivity contribution < 1.29 is 17.7 Å². The number of aromatic nitrogens is 2. The van der Waals surface area contributed by atoms with Gasteiger partial charge in [0.1, 0.15) is 6.42 Å².